The second kappa shape index (κ2) is 9.46. The van der Waals surface area contributed by atoms with Gasteiger partial charge in [0.05, 0.1) is 4.90 Å². The standard InChI is InChI=1S/C25H31N3O3S/c1-3-23(25(29)26-18-21-10-6-5-9-19(21)2)28-16-13-20-17-22(11-12-24(20)28)32(30,31)27-14-7-4-8-15-27/h5-6,9-13,16-17,23H,3-4,7-8,14-15,18H2,1-2H3,(H,26,29)/t23-/m1/s1. The maximum Gasteiger partial charge on any atom is 0.243 e. The monoisotopic (exact) mass is 453 g/mol. The second-order valence-electron chi connectivity index (χ2n) is 8.48. The van der Waals surface area contributed by atoms with Crippen molar-refractivity contribution in [3.05, 3.63) is 65.9 Å². The summed E-state index contributed by atoms with van der Waals surface area (Å²) >= 11 is 0. The quantitative estimate of drug-likeness (QED) is 0.577. The van der Waals surface area contributed by atoms with Gasteiger partial charge in [-0.05, 0) is 61.6 Å². The maximum absolute atomic E-state index is 13.0. The van der Waals surface area contributed by atoms with E-state index >= 15 is 0 Å². The highest BCUT2D eigenvalue weighted by Crippen LogP contribution is 2.27. The van der Waals surface area contributed by atoms with Crippen LogP contribution in [0.1, 0.15) is 49.8 Å². The average molecular weight is 454 g/mol. The first-order valence-corrected chi connectivity index (χ1v) is 12.8. The molecule has 3 aromatic rings. The third kappa shape index (κ3) is 4.45. The average Bonchev–Trinajstić information content (AvgIpc) is 3.23. The molecule has 2 aromatic carbocycles. The Labute approximate surface area is 190 Å². The summed E-state index contributed by atoms with van der Waals surface area (Å²) < 4.78 is 29.6. The number of piperidine rings is 1. The van der Waals surface area contributed by atoms with Crippen LogP contribution in [-0.2, 0) is 21.4 Å². The number of sulfonamides is 1. The SMILES string of the molecule is CC[C@H](C(=O)NCc1ccccc1C)n1ccc2cc(S(=O)(=O)N3CCCCC3)ccc21. The van der Waals surface area contributed by atoms with Crippen molar-refractivity contribution in [3.8, 4) is 0 Å². The van der Waals surface area contributed by atoms with Crippen molar-refractivity contribution in [1.29, 1.82) is 0 Å². The molecule has 6 nitrogen and oxygen atoms in total. The number of rotatable bonds is 7. The molecule has 1 amide bonds. The third-order valence-corrected chi connectivity index (χ3v) is 8.28. The normalized spacial score (nSPS) is 16.2. The van der Waals surface area contributed by atoms with Crippen LogP contribution in [0, 0.1) is 6.92 Å². The van der Waals surface area contributed by atoms with Gasteiger partial charge in [0.25, 0.3) is 0 Å². The molecule has 7 heteroatoms. The minimum atomic E-state index is -3.48. The number of benzene rings is 2. The van der Waals surface area contributed by atoms with E-state index in [1.54, 1.807) is 16.4 Å². The molecule has 0 spiro atoms. The summed E-state index contributed by atoms with van der Waals surface area (Å²) in [5, 5.41) is 3.89. The second-order valence-corrected chi connectivity index (χ2v) is 10.4. The first kappa shape index (κ1) is 22.6. The van der Waals surface area contributed by atoms with Gasteiger partial charge in [0.2, 0.25) is 15.9 Å². The van der Waals surface area contributed by atoms with Crippen LogP contribution in [0.15, 0.2) is 59.6 Å². The number of aryl methyl sites for hydroxylation is 1. The van der Waals surface area contributed by atoms with Crippen molar-refractivity contribution >= 4 is 26.8 Å². The molecular formula is C25H31N3O3S. The molecule has 170 valence electrons. The Balaban J connectivity index is 1.55. The van der Waals surface area contributed by atoms with Crippen molar-refractivity contribution < 1.29 is 13.2 Å². The summed E-state index contributed by atoms with van der Waals surface area (Å²) in [4.78, 5) is 13.3. The lowest BCUT2D eigenvalue weighted by Crippen LogP contribution is -2.35. The number of hydrogen-bond acceptors (Lipinski definition) is 3. The smallest absolute Gasteiger partial charge is 0.243 e. The van der Waals surface area contributed by atoms with E-state index < -0.39 is 10.0 Å². The predicted molar refractivity (Wildman–Crippen MR) is 127 cm³/mol. The molecule has 1 aromatic heterocycles. The van der Waals surface area contributed by atoms with Crippen LogP contribution < -0.4 is 5.32 Å². The molecule has 1 aliphatic heterocycles. The summed E-state index contributed by atoms with van der Waals surface area (Å²) in [5.41, 5.74) is 3.11. The maximum atomic E-state index is 13.0. The van der Waals surface area contributed by atoms with Crippen molar-refractivity contribution in [2.45, 2.75) is 57.0 Å². The molecule has 0 aliphatic carbocycles. The van der Waals surface area contributed by atoms with Crippen LogP contribution in [0.4, 0.5) is 0 Å². The molecule has 32 heavy (non-hydrogen) atoms. The van der Waals surface area contributed by atoms with Gasteiger partial charge in [-0.2, -0.15) is 4.31 Å². The van der Waals surface area contributed by atoms with E-state index in [9.17, 15) is 13.2 Å². The number of carbonyl (C=O) groups excluding carboxylic acids is 1. The van der Waals surface area contributed by atoms with Gasteiger partial charge in [-0.1, -0.05) is 37.6 Å². The molecular weight excluding hydrogens is 422 g/mol. The lowest BCUT2D eigenvalue weighted by molar-refractivity contribution is -0.124. The number of nitrogens with one attached hydrogen (secondary N) is 1. The third-order valence-electron chi connectivity index (χ3n) is 6.38. The molecule has 4 rings (SSSR count). The van der Waals surface area contributed by atoms with Crippen LogP contribution >= 0.6 is 0 Å². The van der Waals surface area contributed by atoms with Crippen molar-refractivity contribution in [3.63, 3.8) is 0 Å². The van der Waals surface area contributed by atoms with E-state index in [2.05, 4.69) is 5.32 Å². The van der Waals surface area contributed by atoms with Crippen LogP contribution in [0.25, 0.3) is 10.9 Å². The molecule has 1 aliphatic rings. The van der Waals surface area contributed by atoms with E-state index in [4.69, 9.17) is 0 Å². The van der Waals surface area contributed by atoms with Gasteiger partial charge in [-0.25, -0.2) is 8.42 Å². The number of hydrogen-bond donors (Lipinski definition) is 1. The van der Waals surface area contributed by atoms with E-state index in [-0.39, 0.29) is 11.9 Å². The molecule has 0 radical (unpaired) electrons. The van der Waals surface area contributed by atoms with Gasteiger partial charge in [0.1, 0.15) is 6.04 Å². The number of aromatic nitrogens is 1. The summed E-state index contributed by atoms with van der Waals surface area (Å²) in [7, 11) is -3.48. The van der Waals surface area contributed by atoms with Gasteiger partial charge in [-0.3, -0.25) is 4.79 Å². The molecule has 1 N–H and O–H groups in total. The van der Waals surface area contributed by atoms with E-state index in [0.29, 0.717) is 31.0 Å². The Morgan fingerprint density at radius 3 is 2.53 bits per heavy atom. The molecule has 0 bridgehead atoms. The number of fused-ring (bicyclic) bond motifs is 1. The first-order chi connectivity index (χ1) is 15.4. The molecule has 1 saturated heterocycles. The van der Waals surface area contributed by atoms with Gasteiger partial charge in [0.15, 0.2) is 0 Å². The van der Waals surface area contributed by atoms with Crippen LogP contribution in [0.2, 0.25) is 0 Å². The predicted octanol–water partition coefficient (Wildman–Crippen LogP) is 4.39. The zero-order valence-electron chi connectivity index (χ0n) is 18.8. The summed E-state index contributed by atoms with van der Waals surface area (Å²) in [6.45, 7) is 5.67. The number of amides is 1. The highest BCUT2D eigenvalue weighted by molar-refractivity contribution is 7.89. The Bertz CT molecular complexity index is 1210. The zero-order chi connectivity index (χ0) is 22.7. The fraction of sp³-hybridized carbons (Fsp3) is 0.400. The Kier molecular flexibility index (Phi) is 6.67. The topological polar surface area (TPSA) is 71.4 Å². The van der Waals surface area contributed by atoms with Gasteiger partial charge < -0.3 is 9.88 Å². The van der Waals surface area contributed by atoms with Crippen molar-refractivity contribution in [1.82, 2.24) is 14.2 Å². The zero-order valence-corrected chi connectivity index (χ0v) is 19.6. The molecule has 1 fully saturated rings. The fourth-order valence-electron chi connectivity index (χ4n) is 4.45. The van der Waals surface area contributed by atoms with Crippen molar-refractivity contribution in [2.75, 3.05) is 13.1 Å². The Morgan fingerprint density at radius 2 is 1.81 bits per heavy atom. The number of nitrogens with zero attached hydrogens (tertiary/aromatic N) is 2. The minimum absolute atomic E-state index is 0.0433. The largest absolute Gasteiger partial charge is 0.350 e. The minimum Gasteiger partial charge on any atom is -0.350 e. The summed E-state index contributed by atoms with van der Waals surface area (Å²) in [5.74, 6) is -0.0433. The van der Waals surface area contributed by atoms with E-state index in [1.807, 2.05) is 61.0 Å². The van der Waals surface area contributed by atoms with Crippen LogP contribution in [-0.4, -0.2) is 36.3 Å². The molecule has 0 unspecified atom stereocenters. The summed E-state index contributed by atoms with van der Waals surface area (Å²) in [6, 6.07) is 14.8. The lowest BCUT2D eigenvalue weighted by atomic mass is 10.1. The van der Waals surface area contributed by atoms with E-state index in [0.717, 1.165) is 41.3 Å². The number of carbonyl (C=O) groups is 1. The van der Waals surface area contributed by atoms with Gasteiger partial charge in [0, 0.05) is 36.7 Å². The highest BCUT2D eigenvalue weighted by atomic mass is 32.2. The highest BCUT2D eigenvalue weighted by Gasteiger charge is 2.27. The van der Waals surface area contributed by atoms with Crippen LogP contribution in [0.3, 0.4) is 0 Å². The molecule has 2 heterocycles. The van der Waals surface area contributed by atoms with E-state index in [1.165, 1.54) is 0 Å². The Hall–Kier alpha value is -2.64. The Morgan fingerprint density at radius 1 is 1.06 bits per heavy atom. The van der Waals surface area contributed by atoms with Crippen molar-refractivity contribution in [2.24, 2.45) is 0 Å². The summed E-state index contributed by atoms with van der Waals surface area (Å²) in [6.07, 6.45) is 5.42. The van der Waals surface area contributed by atoms with Gasteiger partial charge >= 0.3 is 0 Å². The molecule has 1 atom stereocenters. The first-order valence-electron chi connectivity index (χ1n) is 11.3. The van der Waals surface area contributed by atoms with Gasteiger partial charge in [-0.15, -0.1) is 0 Å². The molecule has 0 saturated carbocycles. The van der Waals surface area contributed by atoms with Crippen LogP contribution in [0.5, 0.6) is 0 Å². The fourth-order valence-corrected chi connectivity index (χ4v) is 6.00. The lowest BCUT2D eigenvalue weighted by Gasteiger charge is -2.26.